The molecule has 1 atom stereocenters. The number of carbonyl (C=O) groups excluding carboxylic acids is 1. The van der Waals surface area contributed by atoms with Crippen LogP contribution >= 0.6 is 0 Å². The van der Waals surface area contributed by atoms with E-state index in [9.17, 15) is 4.79 Å². The third-order valence-corrected chi connectivity index (χ3v) is 2.78. The number of carbonyl (C=O) groups is 1. The highest BCUT2D eigenvalue weighted by Crippen LogP contribution is 2.27. The molecule has 0 spiro atoms. The van der Waals surface area contributed by atoms with E-state index in [1.54, 1.807) is 0 Å². The van der Waals surface area contributed by atoms with Crippen molar-refractivity contribution in [3.8, 4) is 5.75 Å². The molecule has 1 aromatic carbocycles. The highest BCUT2D eigenvalue weighted by molar-refractivity contribution is 5.83. The number of amides is 1. The molecule has 0 radical (unpaired) electrons. The van der Waals surface area contributed by atoms with E-state index >= 15 is 0 Å². The van der Waals surface area contributed by atoms with Gasteiger partial charge in [0.2, 0.25) is 0 Å². The Morgan fingerprint density at radius 3 is 3.06 bits per heavy atom. The maximum atomic E-state index is 11.9. The summed E-state index contributed by atoms with van der Waals surface area (Å²) in [4.78, 5) is 13.9. The third-order valence-electron chi connectivity index (χ3n) is 2.78. The monoisotopic (exact) mass is 249 g/mol. The van der Waals surface area contributed by atoms with Crippen LogP contribution < -0.4 is 15.4 Å². The number of fused-ring (bicyclic) bond motifs is 1. The largest absolute Gasteiger partial charge is 0.477 e. The summed E-state index contributed by atoms with van der Waals surface area (Å²) >= 11 is 0. The fourth-order valence-corrected chi connectivity index (χ4v) is 1.78. The van der Waals surface area contributed by atoms with Crippen molar-refractivity contribution in [2.75, 3.05) is 39.0 Å². The summed E-state index contributed by atoms with van der Waals surface area (Å²) in [6, 6.07) is 7.64. The maximum Gasteiger partial charge on any atom is 0.262 e. The number of hydrogen-bond donors (Lipinski definition) is 2. The van der Waals surface area contributed by atoms with Gasteiger partial charge in [0.25, 0.3) is 5.91 Å². The topological polar surface area (TPSA) is 53.6 Å². The second kappa shape index (κ2) is 5.73. The second-order valence-corrected chi connectivity index (χ2v) is 4.58. The van der Waals surface area contributed by atoms with Gasteiger partial charge in [-0.15, -0.1) is 0 Å². The van der Waals surface area contributed by atoms with Crippen molar-refractivity contribution in [3.05, 3.63) is 24.3 Å². The van der Waals surface area contributed by atoms with E-state index in [-0.39, 0.29) is 5.91 Å². The highest BCUT2D eigenvalue weighted by Gasteiger charge is 2.25. The van der Waals surface area contributed by atoms with Crippen molar-refractivity contribution in [1.29, 1.82) is 0 Å². The lowest BCUT2D eigenvalue weighted by Crippen LogP contribution is -2.46. The van der Waals surface area contributed by atoms with Crippen molar-refractivity contribution in [2.45, 2.75) is 6.10 Å². The lowest BCUT2D eigenvalue weighted by Gasteiger charge is -2.26. The molecular weight excluding hydrogens is 230 g/mol. The minimum absolute atomic E-state index is 0.0705. The van der Waals surface area contributed by atoms with Crippen LogP contribution in [0.3, 0.4) is 0 Å². The number of rotatable bonds is 4. The molecule has 0 aliphatic carbocycles. The number of benzene rings is 1. The van der Waals surface area contributed by atoms with Crippen LogP contribution in [-0.2, 0) is 4.79 Å². The van der Waals surface area contributed by atoms with Gasteiger partial charge in [-0.3, -0.25) is 4.79 Å². The van der Waals surface area contributed by atoms with Gasteiger partial charge in [-0.25, -0.2) is 0 Å². The molecule has 2 rings (SSSR count). The number of likely N-dealkylation sites (N-methyl/N-ethyl adjacent to an activating group) is 1. The minimum atomic E-state index is -0.456. The van der Waals surface area contributed by atoms with Gasteiger partial charge in [0.05, 0.1) is 12.2 Å². The molecule has 1 unspecified atom stereocenters. The Morgan fingerprint density at radius 1 is 1.50 bits per heavy atom. The van der Waals surface area contributed by atoms with Crippen LogP contribution in [0.1, 0.15) is 0 Å². The van der Waals surface area contributed by atoms with Crippen LogP contribution in [0, 0.1) is 0 Å². The standard InChI is InChI=1S/C13H19N3O2/c1-16(2)8-7-14-13(17)12-9-15-10-5-3-4-6-11(10)18-12/h3-6,12,15H,7-9H2,1-2H3,(H,14,17). The zero-order valence-electron chi connectivity index (χ0n) is 10.8. The minimum Gasteiger partial charge on any atom is -0.477 e. The molecule has 1 aliphatic heterocycles. The van der Waals surface area contributed by atoms with E-state index < -0.39 is 6.10 Å². The van der Waals surface area contributed by atoms with Gasteiger partial charge < -0.3 is 20.3 Å². The molecule has 1 amide bonds. The molecule has 1 aliphatic rings. The van der Waals surface area contributed by atoms with Crippen LogP contribution in [0.2, 0.25) is 0 Å². The number of hydrogen-bond acceptors (Lipinski definition) is 4. The molecule has 1 heterocycles. The lowest BCUT2D eigenvalue weighted by atomic mass is 10.2. The van der Waals surface area contributed by atoms with Gasteiger partial charge in [0.15, 0.2) is 6.10 Å². The van der Waals surface area contributed by atoms with Gasteiger partial charge in [0, 0.05) is 13.1 Å². The van der Waals surface area contributed by atoms with Crippen molar-refractivity contribution >= 4 is 11.6 Å². The summed E-state index contributed by atoms with van der Waals surface area (Å²) in [5.74, 6) is 0.662. The van der Waals surface area contributed by atoms with Crippen molar-refractivity contribution in [3.63, 3.8) is 0 Å². The summed E-state index contributed by atoms with van der Waals surface area (Å²) in [6.45, 7) is 1.96. The maximum absolute atomic E-state index is 11.9. The van der Waals surface area contributed by atoms with Crippen LogP contribution in [0.5, 0.6) is 5.75 Å². The van der Waals surface area contributed by atoms with Gasteiger partial charge in [0.1, 0.15) is 5.75 Å². The van der Waals surface area contributed by atoms with E-state index in [1.807, 2.05) is 43.3 Å². The Morgan fingerprint density at radius 2 is 2.28 bits per heavy atom. The first-order valence-corrected chi connectivity index (χ1v) is 6.09. The van der Waals surface area contributed by atoms with Crippen LogP contribution in [-0.4, -0.2) is 50.6 Å². The van der Waals surface area contributed by atoms with E-state index in [4.69, 9.17) is 4.74 Å². The van der Waals surface area contributed by atoms with E-state index in [0.29, 0.717) is 13.1 Å². The quantitative estimate of drug-likeness (QED) is 0.817. The Kier molecular flexibility index (Phi) is 4.04. The predicted octanol–water partition coefficient (Wildman–Crippen LogP) is 0.537. The Bertz CT molecular complexity index is 420. The van der Waals surface area contributed by atoms with Gasteiger partial charge in [-0.05, 0) is 26.2 Å². The Balaban J connectivity index is 1.87. The Hall–Kier alpha value is -1.75. The summed E-state index contributed by atoms with van der Waals surface area (Å²) in [7, 11) is 3.95. The average Bonchev–Trinajstić information content (AvgIpc) is 2.37. The molecular formula is C13H19N3O2. The molecule has 98 valence electrons. The predicted molar refractivity (Wildman–Crippen MR) is 70.9 cm³/mol. The summed E-state index contributed by atoms with van der Waals surface area (Å²) in [6.07, 6.45) is -0.456. The molecule has 0 aromatic heterocycles. The fraction of sp³-hybridized carbons (Fsp3) is 0.462. The molecule has 18 heavy (non-hydrogen) atoms. The number of nitrogens with one attached hydrogen (secondary N) is 2. The first-order chi connectivity index (χ1) is 8.66. The normalized spacial score (nSPS) is 17.6. The zero-order valence-corrected chi connectivity index (χ0v) is 10.8. The second-order valence-electron chi connectivity index (χ2n) is 4.58. The molecule has 0 saturated heterocycles. The molecule has 0 fully saturated rings. The van der Waals surface area contributed by atoms with Crippen molar-refractivity contribution in [2.24, 2.45) is 0 Å². The van der Waals surface area contributed by atoms with Gasteiger partial charge in [-0.1, -0.05) is 12.1 Å². The summed E-state index contributed by atoms with van der Waals surface area (Å²) < 4.78 is 5.66. The lowest BCUT2D eigenvalue weighted by molar-refractivity contribution is -0.127. The van der Waals surface area contributed by atoms with Crippen LogP contribution in [0.15, 0.2) is 24.3 Å². The number of anilines is 1. The van der Waals surface area contributed by atoms with E-state index in [0.717, 1.165) is 18.0 Å². The first kappa shape index (κ1) is 12.7. The first-order valence-electron chi connectivity index (χ1n) is 6.09. The summed E-state index contributed by atoms with van der Waals surface area (Å²) in [5, 5.41) is 6.07. The molecule has 0 bridgehead atoms. The van der Waals surface area contributed by atoms with Crippen molar-refractivity contribution in [1.82, 2.24) is 10.2 Å². The molecule has 0 saturated carbocycles. The third kappa shape index (κ3) is 3.13. The summed E-state index contributed by atoms with van der Waals surface area (Å²) in [5.41, 5.74) is 0.940. The molecule has 1 aromatic rings. The highest BCUT2D eigenvalue weighted by atomic mass is 16.5. The van der Waals surface area contributed by atoms with Gasteiger partial charge >= 0.3 is 0 Å². The van der Waals surface area contributed by atoms with Crippen LogP contribution in [0.4, 0.5) is 5.69 Å². The number of nitrogens with zero attached hydrogens (tertiary/aromatic N) is 1. The van der Waals surface area contributed by atoms with Gasteiger partial charge in [-0.2, -0.15) is 0 Å². The molecule has 2 N–H and O–H groups in total. The number of para-hydroxylation sites is 2. The Labute approximate surface area is 107 Å². The average molecular weight is 249 g/mol. The number of ether oxygens (including phenoxy) is 1. The van der Waals surface area contributed by atoms with E-state index in [1.165, 1.54) is 0 Å². The SMILES string of the molecule is CN(C)CCNC(=O)C1CNc2ccccc2O1. The fourth-order valence-electron chi connectivity index (χ4n) is 1.78. The van der Waals surface area contributed by atoms with Crippen molar-refractivity contribution < 1.29 is 9.53 Å². The molecule has 5 nitrogen and oxygen atoms in total. The van der Waals surface area contributed by atoms with E-state index in [2.05, 4.69) is 10.6 Å². The zero-order chi connectivity index (χ0) is 13.0. The molecule has 5 heteroatoms. The van der Waals surface area contributed by atoms with Crippen LogP contribution in [0.25, 0.3) is 0 Å². The smallest absolute Gasteiger partial charge is 0.262 e.